The van der Waals surface area contributed by atoms with Crippen molar-refractivity contribution in [2.24, 2.45) is 0 Å². The van der Waals surface area contributed by atoms with Gasteiger partial charge >= 0.3 is 11.5 Å². The third-order valence-corrected chi connectivity index (χ3v) is 4.34. The van der Waals surface area contributed by atoms with Gasteiger partial charge in [-0.15, -0.1) is 0 Å². The normalized spacial score (nSPS) is 14.1. The van der Waals surface area contributed by atoms with Gasteiger partial charge in [-0.2, -0.15) is 13.2 Å². The third kappa shape index (κ3) is 3.69. The Morgan fingerprint density at radius 2 is 1.74 bits per heavy atom. The van der Waals surface area contributed by atoms with Crippen molar-refractivity contribution in [2.45, 2.75) is 23.6 Å². The van der Waals surface area contributed by atoms with E-state index in [0.29, 0.717) is 5.56 Å². The molecule has 0 amide bonds. The van der Waals surface area contributed by atoms with Gasteiger partial charge in [-0.3, -0.25) is 4.79 Å². The molecule has 4 nitrogen and oxygen atoms in total. The molecule has 0 radical (unpaired) electrons. The summed E-state index contributed by atoms with van der Waals surface area (Å²) in [6.07, 6.45) is -0.686. The summed E-state index contributed by atoms with van der Waals surface area (Å²) in [6.45, 7) is 0. The number of sulfone groups is 1. The fourth-order valence-electron chi connectivity index (χ4n) is 1.52. The lowest BCUT2D eigenvalue weighted by Gasteiger charge is -2.15. The number of hydrogen-bond acceptors (Lipinski definition) is 3. The van der Waals surface area contributed by atoms with Crippen molar-refractivity contribution >= 4 is 15.8 Å². The van der Waals surface area contributed by atoms with Gasteiger partial charge < -0.3 is 5.11 Å². The molecule has 0 saturated heterocycles. The van der Waals surface area contributed by atoms with Crippen molar-refractivity contribution in [3.05, 3.63) is 35.9 Å². The van der Waals surface area contributed by atoms with Gasteiger partial charge in [0, 0.05) is 0 Å². The van der Waals surface area contributed by atoms with Crippen LogP contribution in [0.25, 0.3) is 0 Å². The van der Waals surface area contributed by atoms with Gasteiger partial charge in [-0.1, -0.05) is 30.3 Å². The van der Waals surface area contributed by atoms with E-state index in [9.17, 15) is 26.4 Å². The first kappa shape index (κ1) is 15.5. The number of carboxylic acid groups (broad SMARTS) is 1. The summed E-state index contributed by atoms with van der Waals surface area (Å²) in [7, 11) is -5.71. The van der Waals surface area contributed by atoms with Gasteiger partial charge in [0.1, 0.15) is 0 Å². The van der Waals surface area contributed by atoms with Crippen molar-refractivity contribution in [1.29, 1.82) is 0 Å². The first-order chi connectivity index (χ1) is 8.66. The predicted molar refractivity (Wildman–Crippen MR) is 61.2 cm³/mol. The van der Waals surface area contributed by atoms with Crippen LogP contribution < -0.4 is 0 Å². The van der Waals surface area contributed by atoms with Gasteiger partial charge in [0.15, 0.2) is 5.25 Å². The van der Waals surface area contributed by atoms with Crippen LogP contribution in [0.2, 0.25) is 0 Å². The lowest BCUT2D eigenvalue weighted by atomic mass is 10.1. The molecular formula is C11H11F3O4S. The Kier molecular flexibility index (Phi) is 4.56. The molecule has 1 atom stereocenters. The second kappa shape index (κ2) is 5.60. The summed E-state index contributed by atoms with van der Waals surface area (Å²) in [4.78, 5) is 10.7. The number of hydrogen-bond donors (Lipinski definition) is 1. The van der Waals surface area contributed by atoms with Gasteiger partial charge in [-0.25, -0.2) is 8.42 Å². The Bertz CT molecular complexity index is 537. The molecule has 0 spiro atoms. The molecule has 106 valence electrons. The molecule has 1 unspecified atom stereocenters. The third-order valence-electron chi connectivity index (χ3n) is 2.51. The fourth-order valence-corrected chi connectivity index (χ4v) is 2.53. The minimum atomic E-state index is -5.71. The zero-order valence-electron chi connectivity index (χ0n) is 9.59. The highest BCUT2D eigenvalue weighted by atomic mass is 32.2. The van der Waals surface area contributed by atoms with Crippen LogP contribution in [-0.4, -0.2) is 30.3 Å². The highest BCUT2D eigenvalue weighted by Gasteiger charge is 2.53. The molecule has 0 bridgehead atoms. The van der Waals surface area contributed by atoms with Crippen LogP contribution in [0.5, 0.6) is 0 Å². The monoisotopic (exact) mass is 296 g/mol. The van der Waals surface area contributed by atoms with Gasteiger partial charge in [-0.05, 0) is 18.4 Å². The second-order valence-corrected chi connectivity index (χ2v) is 5.96. The molecule has 0 aromatic heterocycles. The Morgan fingerprint density at radius 3 is 2.16 bits per heavy atom. The maximum Gasteiger partial charge on any atom is 0.498 e. The Hall–Kier alpha value is -1.57. The SMILES string of the molecule is O=C(O)C(CCc1ccccc1)S(=O)(=O)C(F)(F)F. The minimum Gasteiger partial charge on any atom is -0.480 e. The number of aliphatic carboxylic acids is 1. The molecule has 1 aromatic carbocycles. The molecule has 1 rings (SSSR count). The van der Waals surface area contributed by atoms with E-state index in [4.69, 9.17) is 5.11 Å². The quantitative estimate of drug-likeness (QED) is 0.902. The Labute approximate surface area is 107 Å². The lowest BCUT2D eigenvalue weighted by molar-refractivity contribution is -0.137. The largest absolute Gasteiger partial charge is 0.498 e. The predicted octanol–water partition coefficient (Wildman–Crippen LogP) is 2.01. The van der Waals surface area contributed by atoms with Crippen LogP contribution >= 0.6 is 0 Å². The average Bonchev–Trinajstić information content (AvgIpc) is 2.28. The first-order valence-corrected chi connectivity index (χ1v) is 6.78. The number of halogens is 3. The zero-order chi connectivity index (χ0) is 14.7. The van der Waals surface area contributed by atoms with E-state index >= 15 is 0 Å². The van der Waals surface area contributed by atoms with Crippen LogP contribution in [0, 0.1) is 0 Å². The number of rotatable bonds is 5. The van der Waals surface area contributed by atoms with Gasteiger partial charge in [0.05, 0.1) is 0 Å². The summed E-state index contributed by atoms with van der Waals surface area (Å²) < 4.78 is 59.2. The molecule has 8 heteroatoms. The summed E-state index contributed by atoms with van der Waals surface area (Å²) in [5, 5.41) is 6.19. The molecule has 1 N–H and O–H groups in total. The number of carbonyl (C=O) groups is 1. The van der Waals surface area contributed by atoms with Crippen LogP contribution in [0.3, 0.4) is 0 Å². The molecular weight excluding hydrogens is 285 g/mol. The van der Waals surface area contributed by atoms with Crippen molar-refractivity contribution in [3.63, 3.8) is 0 Å². The minimum absolute atomic E-state index is 0.0624. The van der Waals surface area contributed by atoms with E-state index in [2.05, 4.69) is 0 Å². The molecule has 0 aliphatic rings. The number of aryl methyl sites for hydroxylation is 1. The highest BCUT2D eigenvalue weighted by molar-refractivity contribution is 7.93. The summed E-state index contributed by atoms with van der Waals surface area (Å²) in [6, 6.07) is 8.11. The molecule has 0 aliphatic carbocycles. The topological polar surface area (TPSA) is 71.4 Å². The first-order valence-electron chi connectivity index (χ1n) is 5.23. The molecule has 0 heterocycles. The van der Waals surface area contributed by atoms with E-state index in [0.717, 1.165) is 0 Å². The highest BCUT2D eigenvalue weighted by Crippen LogP contribution is 2.29. The fraction of sp³-hybridized carbons (Fsp3) is 0.364. The standard InChI is InChI=1S/C11H11F3O4S/c12-11(13,14)19(17,18)9(10(15)16)7-6-8-4-2-1-3-5-8/h1-5,9H,6-7H2,(H,15,16). The van der Waals surface area contributed by atoms with Crippen molar-refractivity contribution in [2.75, 3.05) is 0 Å². The molecule has 19 heavy (non-hydrogen) atoms. The molecule has 1 aromatic rings. The molecule has 0 aliphatic heterocycles. The summed E-state index contributed by atoms with van der Waals surface area (Å²) in [5.74, 6) is -1.99. The maximum absolute atomic E-state index is 12.3. The maximum atomic E-state index is 12.3. The van der Waals surface area contributed by atoms with E-state index < -0.39 is 33.0 Å². The van der Waals surface area contributed by atoms with Crippen LogP contribution in [0.15, 0.2) is 30.3 Å². The van der Waals surface area contributed by atoms with Crippen LogP contribution in [0.4, 0.5) is 13.2 Å². The lowest BCUT2D eigenvalue weighted by Crippen LogP contribution is -2.39. The van der Waals surface area contributed by atoms with Crippen LogP contribution in [0.1, 0.15) is 12.0 Å². The number of carboxylic acids is 1. The number of benzene rings is 1. The van der Waals surface area contributed by atoms with E-state index in [1.807, 2.05) is 0 Å². The van der Waals surface area contributed by atoms with Crippen molar-refractivity contribution in [3.8, 4) is 0 Å². The Morgan fingerprint density at radius 1 is 1.21 bits per heavy atom. The summed E-state index contributed by atoms with van der Waals surface area (Å²) in [5.41, 5.74) is -4.99. The van der Waals surface area contributed by atoms with E-state index in [1.54, 1.807) is 30.3 Å². The van der Waals surface area contributed by atoms with Gasteiger partial charge in [0.25, 0.3) is 9.84 Å². The van der Waals surface area contributed by atoms with E-state index in [-0.39, 0.29) is 6.42 Å². The molecule has 0 saturated carbocycles. The smallest absolute Gasteiger partial charge is 0.480 e. The van der Waals surface area contributed by atoms with Crippen molar-refractivity contribution < 1.29 is 31.5 Å². The average molecular weight is 296 g/mol. The van der Waals surface area contributed by atoms with Crippen LogP contribution in [-0.2, 0) is 21.1 Å². The van der Waals surface area contributed by atoms with Crippen molar-refractivity contribution in [1.82, 2.24) is 0 Å². The number of alkyl halides is 3. The second-order valence-electron chi connectivity index (χ2n) is 3.84. The Balaban J connectivity index is 2.90. The zero-order valence-corrected chi connectivity index (χ0v) is 10.4. The summed E-state index contributed by atoms with van der Waals surface area (Å²) >= 11 is 0. The van der Waals surface area contributed by atoms with Gasteiger partial charge in [0.2, 0.25) is 0 Å². The van der Waals surface area contributed by atoms with E-state index in [1.165, 1.54) is 0 Å². The molecule has 0 fully saturated rings.